The number of halogens is 1. The van der Waals surface area contributed by atoms with E-state index in [2.05, 4.69) is 0 Å². The van der Waals surface area contributed by atoms with Crippen LogP contribution >= 0.6 is 11.6 Å². The molecule has 1 nitrogen and oxygen atoms in total. The average molecular weight is 157 g/mol. The quantitative estimate of drug-likeness (QED) is 0.601. The molecule has 0 bridgehead atoms. The molecule has 0 unspecified atom stereocenters. The zero-order chi connectivity index (χ0) is 7.40. The van der Waals surface area contributed by atoms with Gasteiger partial charge in [-0.25, -0.2) is 0 Å². The van der Waals surface area contributed by atoms with Crippen molar-refractivity contribution in [3.05, 3.63) is 29.7 Å². The van der Waals surface area contributed by atoms with E-state index in [1.165, 1.54) is 0 Å². The molecule has 10 heavy (non-hydrogen) atoms. The minimum atomic E-state index is 0.556. The minimum Gasteiger partial charge on any atom is -0.465 e. The highest BCUT2D eigenvalue weighted by Crippen LogP contribution is 2.07. The van der Waals surface area contributed by atoms with Gasteiger partial charge in [0.15, 0.2) is 0 Å². The largest absolute Gasteiger partial charge is 0.465 e. The first kappa shape index (κ1) is 7.42. The molecule has 1 rings (SSSR count). The van der Waals surface area contributed by atoms with Gasteiger partial charge in [0.2, 0.25) is 0 Å². The van der Waals surface area contributed by atoms with Crippen molar-refractivity contribution in [3.8, 4) is 0 Å². The molecular weight excluding hydrogens is 148 g/mol. The maximum atomic E-state index is 5.56. The Morgan fingerprint density at radius 1 is 1.80 bits per heavy atom. The Labute approximate surface area is 65.3 Å². The predicted octanol–water partition coefficient (Wildman–Crippen LogP) is 2.92. The van der Waals surface area contributed by atoms with Crippen molar-refractivity contribution >= 4 is 17.7 Å². The molecule has 0 saturated heterocycles. The topological polar surface area (TPSA) is 13.1 Å². The molecule has 0 aliphatic heterocycles. The van der Waals surface area contributed by atoms with E-state index in [9.17, 15) is 0 Å². The van der Waals surface area contributed by atoms with Crippen LogP contribution in [-0.2, 0) is 0 Å². The van der Waals surface area contributed by atoms with Crippen molar-refractivity contribution in [2.75, 3.05) is 5.88 Å². The fourth-order valence-corrected chi connectivity index (χ4v) is 0.732. The summed E-state index contributed by atoms with van der Waals surface area (Å²) in [6.07, 6.45) is 3.57. The van der Waals surface area contributed by atoms with Crippen LogP contribution in [0.5, 0.6) is 0 Å². The molecular formula is C8H9ClO. The smallest absolute Gasteiger partial charge is 0.126 e. The average Bonchev–Trinajstić information content (AvgIpc) is 2.40. The van der Waals surface area contributed by atoms with Crippen LogP contribution in [0.3, 0.4) is 0 Å². The minimum absolute atomic E-state index is 0.556. The molecule has 0 spiro atoms. The van der Waals surface area contributed by atoms with E-state index < -0.39 is 0 Å². The Morgan fingerprint density at radius 3 is 3.10 bits per heavy atom. The molecule has 0 atom stereocenters. The van der Waals surface area contributed by atoms with Gasteiger partial charge in [-0.1, -0.05) is 5.57 Å². The number of furan rings is 1. The molecule has 0 N–H and O–H groups in total. The highest BCUT2D eigenvalue weighted by atomic mass is 35.5. The lowest BCUT2D eigenvalue weighted by Crippen LogP contribution is -1.74. The van der Waals surface area contributed by atoms with Crippen molar-refractivity contribution in [2.45, 2.75) is 6.92 Å². The van der Waals surface area contributed by atoms with E-state index >= 15 is 0 Å². The molecule has 0 amide bonds. The fraction of sp³-hybridized carbons (Fsp3) is 0.250. The molecule has 1 aromatic rings. The molecule has 0 radical (unpaired) electrons. The fourth-order valence-electron chi connectivity index (χ4n) is 0.655. The SMILES string of the molecule is C/C(=C/c1ccco1)CCl. The first-order chi connectivity index (χ1) is 4.83. The van der Waals surface area contributed by atoms with Gasteiger partial charge in [0, 0.05) is 5.88 Å². The van der Waals surface area contributed by atoms with Gasteiger partial charge in [0.1, 0.15) is 5.76 Å². The van der Waals surface area contributed by atoms with Crippen molar-refractivity contribution in [2.24, 2.45) is 0 Å². The monoisotopic (exact) mass is 156 g/mol. The summed E-state index contributed by atoms with van der Waals surface area (Å²) >= 11 is 5.56. The van der Waals surface area contributed by atoms with Crippen LogP contribution in [0.1, 0.15) is 12.7 Å². The van der Waals surface area contributed by atoms with Crippen LogP contribution in [-0.4, -0.2) is 5.88 Å². The number of rotatable bonds is 2. The maximum absolute atomic E-state index is 5.56. The summed E-state index contributed by atoms with van der Waals surface area (Å²) in [7, 11) is 0. The summed E-state index contributed by atoms with van der Waals surface area (Å²) in [5.41, 5.74) is 1.11. The Morgan fingerprint density at radius 2 is 2.60 bits per heavy atom. The van der Waals surface area contributed by atoms with Crippen LogP contribution < -0.4 is 0 Å². The third-order valence-corrected chi connectivity index (χ3v) is 1.56. The van der Waals surface area contributed by atoms with Crippen molar-refractivity contribution in [3.63, 3.8) is 0 Å². The van der Waals surface area contributed by atoms with Crippen molar-refractivity contribution in [1.29, 1.82) is 0 Å². The van der Waals surface area contributed by atoms with Crippen molar-refractivity contribution < 1.29 is 4.42 Å². The number of allylic oxidation sites excluding steroid dienone is 1. The van der Waals surface area contributed by atoms with E-state index in [0.717, 1.165) is 11.3 Å². The molecule has 0 aliphatic rings. The van der Waals surface area contributed by atoms with Crippen molar-refractivity contribution in [1.82, 2.24) is 0 Å². The summed E-state index contributed by atoms with van der Waals surface area (Å²) in [6.45, 7) is 1.97. The third kappa shape index (κ3) is 1.92. The van der Waals surface area contributed by atoms with Gasteiger partial charge in [-0.2, -0.15) is 0 Å². The summed E-state index contributed by atoms with van der Waals surface area (Å²) in [4.78, 5) is 0. The second kappa shape index (κ2) is 3.47. The summed E-state index contributed by atoms with van der Waals surface area (Å²) in [5.74, 6) is 1.42. The summed E-state index contributed by atoms with van der Waals surface area (Å²) in [5, 5.41) is 0. The van der Waals surface area contributed by atoms with E-state index in [1.54, 1.807) is 6.26 Å². The first-order valence-electron chi connectivity index (χ1n) is 3.09. The molecule has 0 fully saturated rings. The molecule has 54 valence electrons. The Balaban J connectivity index is 2.71. The Bertz CT molecular complexity index is 211. The van der Waals surface area contributed by atoms with E-state index in [1.807, 2.05) is 25.1 Å². The zero-order valence-electron chi connectivity index (χ0n) is 5.80. The van der Waals surface area contributed by atoms with Gasteiger partial charge in [-0.05, 0) is 25.1 Å². The zero-order valence-corrected chi connectivity index (χ0v) is 6.56. The second-order valence-corrected chi connectivity index (χ2v) is 2.41. The molecule has 2 heteroatoms. The summed E-state index contributed by atoms with van der Waals surface area (Å²) < 4.78 is 5.07. The second-order valence-electron chi connectivity index (χ2n) is 2.14. The van der Waals surface area contributed by atoms with Crippen LogP contribution in [0, 0.1) is 0 Å². The first-order valence-corrected chi connectivity index (χ1v) is 3.63. The Kier molecular flexibility index (Phi) is 2.57. The third-order valence-electron chi connectivity index (χ3n) is 1.14. The predicted molar refractivity (Wildman–Crippen MR) is 43.1 cm³/mol. The lowest BCUT2D eigenvalue weighted by atomic mass is 10.3. The van der Waals surface area contributed by atoms with Gasteiger partial charge in [-0.3, -0.25) is 0 Å². The van der Waals surface area contributed by atoms with Gasteiger partial charge in [-0.15, -0.1) is 11.6 Å². The molecule has 1 aromatic heterocycles. The maximum Gasteiger partial charge on any atom is 0.126 e. The van der Waals surface area contributed by atoms with Gasteiger partial charge >= 0.3 is 0 Å². The van der Waals surface area contributed by atoms with Gasteiger partial charge in [0.05, 0.1) is 6.26 Å². The van der Waals surface area contributed by atoms with E-state index in [-0.39, 0.29) is 0 Å². The van der Waals surface area contributed by atoms with E-state index in [0.29, 0.717) is 5.88 Å². The molecule has 1 heterocycles. The van der Waals surface area contributed by atoms with Gasteiger partial charge < -0.3 is 4.42 Å². The van der Waals surface area contributed by atoms with Crippen LogP contribution in [0.2, 0.25) is 0 Å². The highest BCUT2D eigenvalue weighted by molar-refractivity contribution is 6.19. The lowest BCUT2D eigenvalue weighted by Gasteiger charge is -1.89. The lowest BCUT2D eigenvalue weighted by molar-refractivity contribution is 0.556. The number of alkyl halides is 1. The van der Waals surface area contributed by atoms with Crippen LogP contribution in [0.25, 0.3) is 6.08 Å². The van der Waals surface area contributed by atoms with Crippen LogP contribution in [0.4, 0.5) is 0 Å². The van der Waals surface area contributed by atoms with Crippen LogP contribution in [0.15, 0.2) is 28.4 Å². The Hall–Kier alpha value is -0.690. The summed E-state index contributed by atoms with van der Waals surface area (Å²) in [6, 6.07) is 3.75. The molecule has 0 aliphatic carbocycles. The normalized spacial score (nSPS) is 12.0. The highest BCUT2D eigenvalue weighted by Gasteiger charge is 1.89. The van der Waals surface area contributed by atoms with E-state index in [4.69, 9.17) is 16.0 Å². The molecule has 0 saturated carbocycles. The van der Waals surface area contributed by atoms with Gasteiger partial charge in [0.25, 0.3) is 0 Å². The number of hydrogen-bond donors (Lipinski definition) is 0. The molecule has 0 aromatic carbocycles. The number of hydrogen-bond acceptors (Lipinski definition) is 1. The standard InChI is InChI=1S/C8H9ClO/c1-7(6-9)5-8-3-2-4-10-8/h2-5H,6H2,1H3/b7-5-.